The highest BCUT2D eigenvalue weighted by atomic mass is 35.5. The number of rotatable bonds is 2. The van der Waals surface area contributed by atoms with Crippen molar-refractivity contribution < 1.29 is 4.79 Å². The average Bonchev–Trinajstić information content (AvgIpc) is 2.69. The van der Waals surface area contributed by atoms with E-state index >= 15 is 0 Å². The molecule has 1 aliphatic rings. The summed E-state index contributed by atoms with van der Waals surface area (Å²) in [6.07, 6.45) is 2.00. The monoisotopic (exact) mass is 289 g/mol. The number of nitrogens with zero attached hydrogens (tertiary/aromatic N) is 2. The Hall–Kier alpha value is -0.710. The van der Waals surface area contributed by atoms with E-state index in [1.165, 1.54) is 0 Å². The first-order chi connectivity index (χ1) is 8.49. The van der Waals surface area contributed by atoms with Gasteiger partial charge in [0.25, 0.3) is 5.91 Å². The van der Waals surface area contributed by atoms with Gasteiger partial charge in [0.2, 0.25) is 0 Å². The maximum Gasteiger partial charge on any atom is 0.270 e. The number of halogens is 2. The van der Waals surface area contributed by atoms with Crippen LogP contribution in [0.15, 0.2) is 6.07 Å². The molecule has 6 heteroatoms. The highest BCUT2D eigenvalue weighted by molar-refractivity contribution is 6.41. The van der Waals surface area contributed by atoms with Gasteiger partial charge in [-0.15, -0.1) is 0 Å². The van der Waals surface area contributed by atoms with E-state index < -0.39 is 0 Å². The fourth-order valence-corrected chi connectivity index (χ4v) is 2.59. The van der Waals surface area contributed by atoms with E-state index in [4.69, 9.17) is 23.2 Å². The molecule has 1 N–H and O–H groups in total. The zero-order valence-electron chi connectivity index (χ0n) is 10.5. The first kappa shape index (κ1) is 13.7. The average molecular weight is 290 g/mol. The van der Waals surface area contributed by atoms with Crippen molar-refractivity contribution in [3.05, 3.63) is 21.9 Å². The third kappa shape index (κ3) is 2.82. The minimum absolute atomic E-state index is 0.0268. The van der Waals surface area contributed by atoms with Crippen molar-refractivity contribution in [3.63, 3.8) is 0 Å². The molecule has 0 aliphatic carbocycles. The highest BCUT2D eigenvalue weighted by Gasteiger charge is 2.25. The minimum Gasteiger partial charge on any atom is -0.340 e. The number of piperidine rings is 1. The Labute approximate surface area is 117 Å². The van der Waals surface area contributed by atoms with Crippen LogP contribution >= 0.6 is 23.2 Å². The van der Waals surface area contributed by atoms with Gasteiger partial charge in [0.05, 0.1) is 5.02 Å². The standard InChI is InChI=1S/C12H17Cl2N3O/c1-16(2)8-3-5-17(6-4-8)12(18)10-7-9(13)11(14)15-10/h7-8,15H,3-6H2,1-2H3. The normalized spacial score (nSPS) is 17.5. The summed E-state index contributed by atoms with van der Waals surface area (Å²) >= 11 is 11.6. The van der Waals surface area contributed by atoms with Crippen LogP contribution in [0.1, 0.15) is 23.3 Å². The molecule has 18 heavy (non-hydrogen) atoms. The zero-order chi connectivity index (χ0) is 13.3. The Morgan fingerprint density at radius 1 is 1.39 bits per heavy atom. The number of aromatic amines is 1. The Bertz CT molecular complexity index is 417. The smallest absolute Gasteiger partial charge is 0.270 e. The van der Waals surface area contributed by atoms with Gasteiger partial charge in [0, 0.05) is 19.1 Å². The van der Waals surface area contributed by atoms with E-state index in [9.17, 15) is 4.79 Å². The fraction of sp³-hybridized carbons (Fsp3) is 0.583. The molecule has 1 amide bonds. The molecule has 2 rings (SSSR count). The summed E-state index contributed by atoms with van der Waals surface area (Å²) in [5.41, 5.74) is 0.466. The van der Waals surface area contributed by atoms with Crippen LogP contribution in [0.5, 0.6) is 0 Å². The van der Waals surface area contributed by atoms with Crippen LogP contribution in [0.3, 0.4) is 0 Å². The number of nitrogens with one attached hydrogen (secondary N) is 1. The van der Waals surface area contributed by atoms with Crippen LogP contribution in [0.4, 0.5) is 0 Å². The number of amides is 1. The third-order valence-corrected chi connectivity index (χ3v) is 4.13. The van der Waals surface area contributed by atoms with E-state index in [0.717, 1.165) is 25.9 Å². The second-order valence-corrected chi connectivity index (χ2v) is 5.62. The maximum absolute atomic E-state index is 12.2. The SMILES string of the molecule is CN(C)C1CCN(C(=O)c2cc(Cl)c(Cl)[nH]2)CC1. The molecule has 0 unspecified atom stereocenters. The summed E-state index contributed by atoms with van der Waals surface area (Å²) in [6.45, 7) is 1.55. The predicted octanol–water partition coefficient (Wildman–Crippen LogP) is 2.49. The minimum atomic E-state index is -0.0268. The lowest BCUT2D eigenvalue weighted by Gasteiger charge is -2.35. The summed E-state index contributed by atoms with van der Waals surface area (Å²) < 4.78 is 0. The molecule has 1 aliphatic heterocycles. The summed E-state index contributed by atoms with van der Waals surface area (Å²) in [4.78, 5) is 19.1. The van der Waals surface area contributed by atoms with E-state index in [2.05, 4.69) is 24.0 Å². The van der Waals surface area contributed by atoms with Gasteiger partial charge < -0.3 is 14.8 Å². The van der Waals surface area contributed by atoms with Crippen molar-refractivity contribution >= 4 is 29.1 Å². The molecule has 0 spiro atoms. The molecule has 1 fully saturated rings. The highest BCUT2D eigenvalue weighted by Crippen LogP contribution is 2.23. The number of hydrogen-bond donors (Lipinski definition) is 1. The molecule has 2 heterocycles. The quantitative estimate of drug-likeness (QED) is 0.909. The van der Waals surface area contributed by atoms with Gasteiger partial charge in [0.1, 0.15) is 10.8 Å². The number of carbonyl (C=O) groups excluding carboxylic acids is 1. The number of likely N-dealkylation sites (tertiary alicyclic amines) is 1. The van der Waals surface area contributed by atoms with Crippen molar-refractivity contribution in [3.8, 4) is 0 Å². The number of hydrogen-bond acceptors (Lipinski definition) is 2. The Balaban J connectivity index is 1.99. The molecular weight excluding hydrogens is 273 g/mol. The first-order valence-electron chi connectivity index (χ1n) is 5.98. The molecule has 0 atom stereocenters. The lowest BCUT2D eigenvalue weighted by molar-refractivity contribution is 0.0658. The fourth-order valence-electron chi connectivity index (χ4n) is 2.28. The van der Waals surface area contributed by atoms with Crippen molar-refractivity contribution in [2.45, 2.75) is 18.9 Å². The van der Waals surface area contributed by atoms with Gasteiger partial charge in [0.15, 0.2) is 0 Å². The molecule has 1 aromatic rings. The number of aromatic nitrogens is 1. The van der Waals surface area contributed by atoms with Gasteiger partial charge >= 0.3 is 0 Å². The molecular formula is C12H17Cl2N3O. The topological polar surface area (TPSA) is 39.3 Å². The van der Waals surface area contributed by atoms with Gasteiger partial charge in [-0.2, -0.15) is 0 Å². The molecule has 4 nitrogen and oxygen atoms in total. The molecule has 0 radical (unpaired) electrons. The maximum atomic E-state index is 12.2. The molecule has 1 saturated heterocycles. The first-order valence-corrected chi connectivity index (χ1v) is 6.74. The number of H-pyrrole nitrogens is 1. The van der Waals surface area contributed by atoms with Crippen molar-refractivity contribution in [2.24, 2.45) is 0 Å². The van der Waals surface area contributed by atoms with E-state index in [-0.39, 0.29) is 5.91 Å². The van der Waals surface area contributed by atoms with Gasteiger partial charge in [-0.1, -0.05) is 23.2 Å². The predicted molar refractivity (Wildman–Crippen MR) is 73.4 cm³/mol. The zero-order valence-corrected chi connectivity index (χ0v) is 12.1. The van der Waals surface area contributed by atoms with E-state index in [1.54, 1.807) is 6.07 Å². The van der Waals surface area contributed by atoms with Crippen LogP contribution in [0, 0.1) is 0 Å². The lowest BCUT2D eigenvalue weighted by atomic mass is 10.0. The van der Waals surface area contributed by atoms with Crippen LogP contribution in [-0.4, -0.2) is 53.9 Å². The van der Waals surface area contributed by atoms with Crippen molar-refractivity contribution in [1.29, 1.82) is 0 Å². The second-order valence-electron chi connectivity index (χ2n) is 4.83. The molecule has 0 bridgehead atoms. The largest absolute Gasteiger partial charge is 0.340 e. The second kappa shape index (κ2) is 5.51. The third-order valence-electron chi connectivity index (χ3n) is 3.44. The lowest BCUT2D eigenvalue weighted by Crippen LogP contribution is -2.44. The van der Waals surface area contributed by atoms with Crippen LogP contribution in [0.25, 0.3) is 0 Å². The summed E-state index contributed by atoms with van der Waals surface area (Å²) in [7, 11) is 4.15. The van der Waals surface area contributed by atoms with E-state index in [0.29, 0.717) is 21.9 Å². The van der Waals surface area contributed by atoms with Crippen molar-refractivity contribution in [1.82, 2.24) is 14.8 Å². The van der Waals surface area contributed by atoms with Gasteiger partial charge in [-0.25, -0.2) is 0 Å². The van der Waals surface area contributed by atoms with Crippen LogP contribution < -0.4 is 0 Å². The number of carbonyl (C=O) groups is 1. The Morgan fingerprint density at radius 2 is 2.00 bits per heavy atom. The summed E-state index contributed by atoms with van der Waals surface area (Å²) in [5.74, 6) is -0.0268. The Kier molecular flexibility index (Phi) is 4.20. The van der Waals surface area contributed by atoms with Crippen LogP contribution in [0.2, 0.25) is 10.2 Å². The van der Waals surface area contributed by atoms with Crippen molar-refractivity contribution in [2.75, 3.05) is 27.2 Å². The summed E-state index contributed by atoms with van der Waals surface area (Å²) in [5, 5.41) is 0.714. The molecule has 0 saturated carbocycles. The summed E-state index contributed by atoms with van der Waals surface area (Å²) in [6, 6.07) is 2.15. The molecule has 0 aromatic carbocycles. The Morgan fingerprint density at radius 3 is 2.44 bits per heavy atom. The molecule has 1 aromatic heterocycles. The molecule has 100 valence electrons. The van der Waals surface area contributed by atoms with Gasteiger partial charge in [-0.3, -0.25) is 4.79 Å². The van der Waals surface area contributed by atoms with E-state index in [1.807, 2.05) is 4.90 Å². The van der Waals surface area contributed by atoms with Gasteiger partial charge in [-0.05, 0) is 33.0 Å². The van der Waals surface area contributed by atoms with Crippen LogP contribution in [-0.2, 0) is 0 Å².